The van der Waals surface area contributed by atoms with Crippen LogP contribution in [0.3, 0.4) is 0 Å². The number of aromatic nitrogens is 4. The fourth-order valence-corrected chi connectivity index (χ4v) is 1.88. The van der Waals surface area contributed by atoms with Crippen molar-refractivity contribution in [2.75, 3.05) is 0 Å². The molecular weight excluding hydrogens is 240 g/mol. The van der Waals surface area contributed by atoms with E-state index in [1.807, 2.05) is 30.3 Å². The first-order valence-electron chi connectivity index (χ1n) is 4.95. The molecule has 0 atom stereocenters. The number of halogens is 1. The zero-order chi connectivity index (χ0) is 11.8. The average Bonchev–Trinajstić information content (AvgIpc) is 2.71. The van der Waals surface area contributed by atoms with Crippen molar-refractivity contribution < 1.29 is 0 Å². The van der Waals surface area contributed by atoms with Crippen LogP contribution in [-0.2, 0) is 0 Å². The molecule has 3 aromatic rings. The van der Waals surface area contributed by atoms with Gasteiger partial charge in [0, 0.05) is 5.56 Å². The first kappa shape index (κ1) is 10.0. The molecule has 0 aliphatic heterocycles. The highest BCUT2D eigenvalue weighted by Gasteiger charge is 2.09. The summed E-state index contributed by atoms with van der Waals surface area (Å²) < 4.78 is 1.13. The summed E-state index contributed by atoms with van der Waals surface area (Å²) in [7, 11) is 0. The number of nitrogens with zero attached hydrogens (tertiary/aromatic N) is 3. The van der Waals surface area contributed by atoms with Crippen LogP contribution in [-0.4, -0.2) is 19.8 Å². The minimum absolute atomic E-state index is 0.271. The molecule has 1 N–H and O–H groups in total. The molecule has 84 valence electrons. The summed E-state index contributed by atoms with van der Waals surface area (Å²) in [6, 6.07) is 11.3. The molecule has 1 aromatic carbocycles. The van der Waals surface area contributed by atoms with Crippen LogP contribution < -0.4 is 5.69 Å². The van der Waals surface area contributed by atoms with Crippen molar-refractivity contribution in [3.8, 4) is 11.1 Å². The van der Waals surface area contributed by atoms with Gasteiger partial charge in [0.15, 0.2) is 10.8 Å². The van der Waals surface area contributed by atoms with Crippen LogP contribution in [0.15, 0.2) is 41.2 Å². The number of hydrogen-bond donors (Lipinski definition) is 1. The third-order valence-electron chi connectivity index (χ3n) is 2.44. The second kappa shape index (κ2) is 3.71. The maximum absolute atomic E-state index is 11.3. The molecule has 5 nitrogen and oxygen atoms in total. The van der Waals surface area contributed by atoms with Gasteiger partial charge in [-0.1, -0.05) is 41.9 Å². The lowest BCUT2D eigenvalue weighted by Crippen LogP contribution is -2.12. The summed E-state index contributed by atoms with van der Waals surface area (Å²) in [5, 5.41) is 10.4. The molecule has 17 heavy (non-hydrogen) atoms. The zero-order valence-corrected chi connectivity index (χ0v) is 9.35. The van der Waals surface area contributed by atoms with Crippen LogP contribution in [0.4, 0.5) is 0 Å². The summed E-state index contributed by atoms with van der Waals surface area (Å²) in [6.45, 7) is 0. The van der Waals surface area contributed by atoms with Crippen LogP contribution in [0.1, 0.15) is 0 Å². The number of nitrogens with one attached hydrogen (secondary N) is 1. The van der Waals surface area contributed by atoms with Gasteiger partial charge in [0.2, 0.25) is 0 Å². The highest BCUT2D eigenvalue weighted by molar-refractivity contribution is 6.32. The number of H-pyrrole nitrogens is 1. The van der Waals surface area contributed by atoms with E-state index in [1.165, 1.54) is 0 Å². The lowest BCUT2D eigenvalue weighted by Gasteiger charge is -2.03. The minimum Gasteiger partial charge on any atom is -0.244 e. The number of benzene rings is 1. The van der Waals surface area contributed by atoms with Crippen LogP contribution in [0, 0.1) is 0 Å². The summed E-state index contributed by atoms with van der Waals surface area (Å²) in [4.78, 5) is 11.3. The monoisotopic (exact) mass is 246 g/mol. The molecule has 3 rings (SSSR count). The van der Waals surface area contributed by atoms with E-state index >= 15 is 0 Å². The van der Waals surface area contributed by atoms with Gasteiger partial charge in [0.05, 0.1) is 0 Å². The molecule has 0 unspecified atom stereocenters. The van der Waals surface area contributed by atoms with Gasteiger partial charge in [0.1, 0.15) is 0 Å². The van der Waals surface area contributed by atoms with Crippen LogP contribution in [0.25, 0.3) is 16.8 Å². The molecule has 2 heterocycles. The molecule has 2 aromatic heterocycles. The quantitative estimate of drug-likeness (QED) is 0.711. The molecule has 0 fully saturated rings. The van der Waals surface area contributed by atoms with Gasteiger partial charge in [-0.2, -0.15) is 9.61 Å². The topological polar surface area (TPSA) is 63.0 Å². The Kier molecular flexibility index (Phi) is 2.19. The van der Waals surface area contributed by atoms with Gasteiger partial charge in [-0.3, -0.25) is 0 Å². The van der Waals surface area contributed by atoms with Crippen LogP contribution in [0.2, 0.25) is 5.15 Å². The Morgan fingerprint density at radius 2 is 2.00 bits per heavy atom. The second-order valence-corrected chi connectivity index (χ2v) is 3.87. The number of aromatic amines is 1. The van der Waals surface area contributed by atoms with Gasteiger partial charge >= 0.3 is 5.69 Å². The first-order chi connectivity index (χ1) is 8.25. The molecule has 0 aliphatic carbocycles. The predicted octanol–water partition coefficient (Wildman–Crippen LogP) is 1.74. The third-order valence-corrected chi connectivity index (χ3v) is 2.72. The van der Waals surface area contributed by atoms with Crippen molar-refractivity contribution in [1.82, 2.24) is 19.8 Å². The van der Waals surface area contributed by atoms with E-state index in [0.29, 0.717) is 5.65 Å². The van der Waals surface area contributed by atoms with Crippen molar-refractivity contribution in [3.63, 3.8) is 0 Å². The number of fused-ring (bicyclic) bond motifs is 1. The Labute approximate surface area is 101 Å². The van der Waals surface area contributed by atoms with Gasteiger partial charge in [0.25, 0.3) is 0 Å². The van der Waals surface area contributed by atoms with Gasteiger partial charge in [-0.15, -0.1) is 5.10 Å². The van der Waals surface area contributed by atoms with E-state index in [-0.39, 0.29) is 5.15 Å². The molecule has 0 amide bonds. The van der Waals surface area contributed by atoms with Crippen molar-refractivity contribution in [3.05, 3.63) is 52.0 Å². The van der Waals surface area contributed by atoms with Crippen LogP contribution >= 0.6 is 11.6 Å². The van der Waals surface area contributed by atoms with Crippen molar-refractivity contribution in [2.24, 2.45) is 0 Å². The average molecular weight is 247 g/mol. The van der Waals surface area contributed by atoms with Crippen molar-refractivity contribution in [1.29, 1.82) is 0 Å². The standard InChI is InChI=1S/C11H7ClN4O/c12-10-8(7-4-2-1-3-5-7)6-9-13-14-11(17)16(9)15-10/h1-6H,(H,14,17). The number of hydrogen-bond acceptors (Lipinski definition) is 3. The van der Waals surface area contributed by atoms with E-state index in [9.17, 15) is 4.79 Å². The molecule has 0 bridgehead atoms. The Hall–Kier alpha value is -2.14. The molecule has 0 saturated heterocycles. The summed E-state index contributed by atoms with van der Waals surface area (Å²) in [5.41, 5.74) is 1.72. The molecule has 6 heteroatoms. The van der Waals surface area contributed by atoms with E-state index < -0.39 is 5.69 Å². The Morgan fingerprint density at radius 1 is 1.24 bits per heavy atom. The van der Waals surface area contributed by atoms with Crippen LogP contribution in [0.5, 0.6) is 0 Å². The largest absolute Gasteiger partial charge is 0.364 e. The molecule has 0 saturated carbocycles. The van der Waals surface area contributed by atoms with Gasteiger partial charge in [-0.05, 0) is 11.6 Å². The SMILES string of the molecule is O=c1[nH]nc2cc(-c3ccccc3)c(Cl)nn12. The first-order valence-corrected chi connectivity index (χ1v) is 5.33. The number of rotatable bonds is 1. The second-order valence-electron chi connectivity index (χ2n) is 3.51. The minimum atomic E-state index is -0.401. The van der Waals surface area contributed by atoms with E-state index in [0.717, 1.165) is 15.6 Å². The fourth-order valence-electron chi connectivity index (χ4n) is 1.64. The maximum atomic E-state index is 11.3. The Morgan fingerprint density at radius 3 is 2.76 bits per heavy atom. The molecule has 0 aliphatic rings. The molecule has 0 radical (unpaired) electrons. The van der Waals surface area contributed by atoms with E-state index in [4.69, 9.17) is 11.6 Å². The van der Waals surface area contributed by atoms with Gasteiger partial charge in [-0.25, -0.2) is 9.89 Å². The third kappa shape index (κ3) is 1.60. The maximum Gasteiger partial charge on any atom is 0.364 e. The normalized spacial score (nSPS) is 10.9. The van der Waals surface area contributed by atoms with E-state index in [2.05, 4.69) is 15.3 Å². The summed E-state index contributed by atoms with van der Waals surface area (Å²) in [5.74, 6) is 0. The Bertz CT molecular complexity index is 732. The van der Waals surface area contributed by atoms with Crippen molar-refractivity contribution in [2.45, 2.75) is 0 Å². The van der Waals surface area contributed by atoms with Gasteiger partial charge < -0.3 is 0 Å². The molecular formula is C11H7ClN4O. The fraction of sp³-hybridized carbons (Fsp3) is 0. The van der Waals surface area contributed by atoms with E-state index in [1.54, 1.807) is 6.07 Å². The highest BCUT2D eigenvalue weighted by atomic mass is 35.5. The lowest BCUT2D eigenvalue weighted by molar-refractivity contribution is 0.881. The zero-order valence-electron chi connectivity index (χ0n) is 8.59. The lowest BCUT2D eigenvalue weighted by atomic mass is 10.1. The predicted molar refractivity (Wildman–Crippen MR) is 64.1 cm³/mol. The summed E-state index contributed by atoms with van der Waals surface area (Å²) >= 11 is 6.05. The summed E-state index contributed by atoms with van der Waals surface area (Å²) in [6.07, 6.45) is 0. The van der Waals surface area contributed by atoms with Crippen molar-refractivity contribution >= 4 is 17.2 Å². The Balaban J connectivity index is 2.31. The molecule has 0 spiro atoms. The smallest absolute Gasteiger partial charge is 0.244 e. The highest BCUT2D eigenvalue weighted by Crippen LogP contribution is 2.25.